The van der Waals surface area contributed by atoms with E-state index in [0.29, 0.717) is 11.9 Å². The normalized spacial score (nSPS) is 13.7. The van der Waals surface area contributed by atoms with Gasteiger partial charge in [-0.2, -0.15) is 5.10 Å². The van der Waals surface area contributed by atoms with Gasteiger partial charge in [-0.25, -0.2) is 4.68 Å². The van der Waals surface area contributed by atoms with Crippen LogP contribution in [0.1, 0.15) is 25.6 Å². The Bertz CT molecular complexity index is 1200. The van der Waals surface area contributed by atoms with Crippen molar-refractivity contribution in [2.45, 2.75) is 32.4 Å². The Balaban J connectivity index is 1.73. The van der Waals surface area contributed by atoms with Gasteiger partial charge in [-0.3, -0.25) is 9.59 Å². The zero-order chi connectivity index (χ0) is 19.8. The third-order valence-electron chi connectivity index (χ3n) is 5.05. The van der Waals surface area contributed by atoms with Crippen LogP contribution in [0.5, 0.6) is 0 Å². The Hall–Kier alpha value is -3.35. The maximum atomic E-state index is 13.0. The summed E-state index contributed by atoms with van der Waals surface area (Å²) < 4.78 is 8.46. The molecule has 0 bridgehead atoms. The van der Waals surface area contributed by atoms with Gasteiger partial charge >= 0.3 is 0 Å². The lowest BCUT2D eigenvalue weighted by molar-refractivity contribution is -0.124. The average Bonchev–Trinajstić information content (AvgIpc) is 3.30. The largest absolute Gasteiger partial charge is 0.469 e. The molecule has 3 aromatic heterocycles. The van der Waals surface area contributed by atoms with Crippen molar-refractivity contribution in [3.8, 4) is 0 Å². The molecule has 0 spiro atoms. The van der Waals surface area contributed by atoms with Crippen LogP contribution in [0.4, 0.5) is 0 Å². The van der Waals surface area contributed by atoms with Gasteiger partial charge in [0.25, 0.3) is 5.56 Å². The number of aryl methyl sites for hydroxylation is 1. The first kappa shape index (κ1) is 18.0. The van der Waals surface area contributed by atoms with Crippen molar-refractivity contribution in [2.75, 3.05) is 0 Å². The average molecular weight is 378 g/mol. The molecule has 3 heterocycles. The van der Waals surface area contributed by atoms with E-state index in [4.69, 9.17) is 4.42 Å². The zero-order valence-electron chi connectivity index (χ0n) is 16.0. The van der Waals surface area contributed by atoms with Crippen LogP contribution >= 0.6 is 0 Å². The van der Waals surface area contributed by atoms with Crippen LogP contribution in [0, 0.1) is 0 Å². The van der Waals surface area contributed by atoms with Gasteiger partial charge in [-0.05, 0) is 32.0 Å². The fourth-order valence-electron chi connectivity index (χ4n) is 3.65. The molecule has 0 unspecified atom stereocenters. The smallest absolute Gasteiger partial charge is 0.291 e. The lowest BCUT2D eigenvalue weighted by Crippen LogP contribution is -2.38. The molecule has 0 aliphatic heterocycles. The number of nitrogens with one attached hydrogen (secondary N) is 1. The molecule has 7 heteroatoms. The Morgan fingerprint density at radius 2 is 1.96 bits per heavy atom. The highest BCUT2D eigenvalue weighted by molar-refractivity contribution is 6.08. The van der Waals surface area contributed by atoms with Crippen LogP contribution in [-0.2, 0) is 18.3 Å². The maximum absolute atomic E-state index is 13.0. The molecule has 144 valence electrons. The zero-order valence-corrected chi connectivity index (χ0v) is 16.0. The predicted octanol–water partition coefficient (Wildman–Crippen LogP) is 2.79. The molecule has 0 radical (unpaired) electrons. The Labute approximate surface area is 161 Å². The van der Waals surface area contributed by atoms with Crippen molar-refractivity contribution >= 4 is 27.7 Å². The lowest BCUT2D eigenvalue weighted by Gasteiger charge is -2.19. The van der Waals surface area contributed by atoms with Crippen LogP contribution in [0.15, 0.2) is 58.1 Å². The summed E-state index contributed by atoms with van der Waals surface area (Å²) in [6.45, 7) is 3.74. The molecule has 28 heavy (non-hydrogen) atoms. The number of fused-ring (bicyclic) bond motifs is 3. The molecule has 0 saturated heterocycles. The number of hydrogen-bond acceptors (Lipinski definition) is 4. The third-order valence-corrected chi connectivity index (χ3v) is 5.05. The number of nitrogens with zero attached hydrogens (tertiary/aromatic N) is 3. The fourth-order valence-corrected chi connectivity index (χ4v) is 3.65. The van der Waals surface area contributed by atoms with Crippen LogP contribution in [0.2, 0.25) is 0 Å². The maximum Gasteiger partial charge on any atom is 0.291 e. The summed E-state index contributed by atoms with van der Waals surface area (Å²) >= 11 is 0. The van der Waals surface area contributed by atoms with E-state index >= 15 is 0 Å². The van der Waals surface area contributed by atoms with Gasteiger partial charge in [0.05, 0.1) is 18.0 Å². The minimum Gasteiger partial charge on any atom is -0.469 e. The van der Waals surface area contributed by atoms with Crippen molar-refractivity contribution in [3.05, 3.63) is 65.0 Å². The highest BCUT2D eigenvalue weighted by Crippen LogP contribution is 2.29. The van der Waals surface area contributed by atoms with E-state index in [9.17, 15) is 9.59 Å². The van der Waals surface area contributed by atoms with Crippen molar-refractivity contribution < 1.29 is 9.21 Å². The van der Waals surface area contributed by atoms with E-state index in [-0.39, 0.29) is 17.5 Å². The van der Waals surface area contributed by atoms with Gasteiger partial charge in [0.15, 0.2) is 0 Å². The third kappa shape index (κ3) is 2.98. The Morgan fingerprint density at radius 3 is 2.71 bits per heavy atom. The summed E-state index contributed by atoms with van der Waals surface area (Å²) in [5.41, 5.74) is 1.10. The minimum absolute atomic E-state index is 0.0984. The van der Waals surface area contributed by atoms with Crippen LogP contribution < -0.4 is 10.9 Å². The SMILES string of the molecule is C[C@@H](Cc1ccco1)NC(=O)[C@H](C)n1c2ccccc2c2cnn(C)c(=O)c21. The number of hydrogen-bond donors (Lipinski definition) is 1. The molecular weight excluding hydrogens is 356 g/mol. The van der Waals surface area contributed by atoms with E-state index in [1.54, 1.807) is 26.4 Å². The van der Waals surface area contributed by atoms with E-state index < -0.39 is 6.04 Å². The van der Waals surface area contributed by atoms with Crippen LogP contribution in [-0.4, -0.2) is 26.3 Å². The van der Waals surface area contributed by atoms with E-state index in [1.807, 2.05) is 47.9 Å². The molecule has 0 aliphatic carbocycles. The molecule has 1 aromatic carbocycles. The number of aromatic nitrogens is 3. The first-order chi connectivity index (χ1) is 13.5. The molecule has 2 atom stereocenters. The first-order valence-electron chi connectivity index (χ1n) is 9.25. The highest BCUT2D eigenvalue weighted by atomic mass is 16.3. The van der Waals surface area contributed by atoms with Crippen molar-refractivity contribution in [3.63, 3.8) is 0 Å². The molecule has 4 aromatic rings. The first-order valence-corrected chi connectivity index (χ1v) is 9.25. The topological polar surface area (TPSA) is 82.1 Å². The van der Waals surface area contributed by atoms with Gasteiger partial charge < -0.3 is 14.3 Å². The number of rotatable bonds is 5. The summed E-state index contributed by atoms with van der Waals surface area (Å²) in [5.74, 6) is 0.665. The fraction of sp³-hybridized carbons (Fsp3) is 0.286. The van der Waals surface area contributed by atoms with Gasteiger partial charge in [0, 0.05) is 30.3 Å². The molecule has 7 nitrogen and oxygen atoms in total. The second-order valence-corrected chi connectivity index (χ2v) is 7.09. The monoisotopic (exact) mass is 378 g/mol. The molecule has 1 N–H and O–H groups in total. The number of carbonyl (C=O) groups excluding carboxylic acids is 1. The van der Waals surface area contributed by atoms with Gasteiger partial charge in [-0.1, -0.05) is 18.2 Å². The van der Waals surface area contributed by atoms with Gasteiger partial charge in [0.1, 0.15) is 17.3 Å². The number of amides is 1. The van der Waals surface area contributed by atoms with E-state index in [0.717, 1.165) is 22.0 Å². The quantitative estimate of drug-likeness (QED) is 0.579. The molecule has 1 amide bonds. The van der Waals surface area contributed by atoms with E-state index in [2.05, 4.69) is 10.4 Å². The lowest BCUT2D eigenvalue weighted by atomic mass is 10.2. The van der Waals surface area contributed by atoms with E-state index in [1.165, 1.54) is 4.68 Å². The molecule has 4 rings (SSSR count). The second-order valence-electron chi connectivity index (χ2n) is 7.09. The number of furan rings is 1. The number of benzene rings is 1. The van der Waals surface area contributed by atoms with Gasteiger partial charge in [0.2, 0.25) is 5.91 Å². The molecule has 0 saturated carbocycles. The summed E-state index contributed by atoms with van der Waals surface area (Å²) in [6, 6.07) is 10.7. The number of para-hydroxylation sites is 1. The summed E-state index contributed by atoms with van der Waals surface area (Å²) in [7, 11) is 1.61. The van der Waals surface area contributed by atoms with Gasteiger partial charge in [-0.15, -0.1) is 0 Å². The Kier molecular flexibility index (Phi) is 4.50. The van der Waals surface area contributed by atoms with Crippen LogP contribution in [0.25, 0.3) is 21.8 Å². The summed E-state index contributed by atoms with van der Waals surface area (Å²) in [4.78, 5) is 25.8. The highest BCUT2D eigenvalue weighted by Gasteiger charge is 2.24. The number of carbonyl (C=O) groups is 1. The predicted molar refractivity (Wildman–Crippen MR) is 107 cm³/mol. The van der Waals surface area contributed by atoms with Crippen molar-refractivity contribution in [1.29, 1.82) is 0 Å². The van der Waals surface area contributed by atoms with Crippen molar-refractivity contribution in [1.82, 2.24) is 19.7 Å². The summed E-state index contributed by atoms with van der Waals surface area (Å²) in [6.07, 6.45) is 3.90. The minimum atomic E-state index is -0.559. The Morgan fingerprint density at radius 1 is 1.18 bits per heavy atom. The molecular formula is C21H22N4O3. The van der Waals surface area contributed by atoms with Crippen molar-refractivity contribution in [2.24, 2.45) is 7.05 Å². The standard InChI is InChI=1S/C21H22N4O3/c1-13(11-15-7-6-10-28-15)23-20(26)14(2)25-18-9-5-4-8-16(18)17-12-22-24(3)21(27)19(17)25/h4-10,12-14H,11H2,1-3H3,(H,23,26)/t13-,14-/m0/s1. The molecule has 0 aliphatic rings. The second kappa shape index (κ2) is 6.99. The summed E-state index contributed by atoms with van der Waals surface area (Å²) in [5, 5.41) is 8.83. The van der Waals surface area contributed by atoms with Crippen LogP contribution in [0.3, 0.4) is 0 Å². The molecule has 0 fully saturated rings.